The van der Waals surface area contributed by atoms with Gasteiger partial charge in [0.05, 0.1) is 12.7 Å². The molecule has 25 heavy (non-hydrogen) atoms. The van der Waals surface area contributed by atoms with Crippen molar-refractivity contribution in [3.63, 3.8) is 0 Å². The van der Waals surface area contributed by atoms with E-state index in [2.05, 4.69) is 0 Å². The Labute approximate surface area is 145 Å². The molecule has 1 unspecified atom stereocenters. The Morgan fingerprint density at radius 1 is 0.920 bits per heavy atom. The van der Waals surface area contributed by atoms with Crippen LogP contribution < -0.4 is 15.2 Å². The molecule has 0 bridgehead atoms. The number of benzene rings is 2. The first-order valence-corrected chi connectivity index (χ1v) is 8.12. The Morgan fingerprint density at radius 2 is 1.52 bits per heavy atom. The smallest absolute Gasteiger partial charge is 0.416 e. The number of unbranched alkanes of at least 4 members (excludes halogenated alkanes) is 1. The minimum absolute atomic E-state index is 0.255. The average molecular weight is 353 g/mol. The van der Waals surface area contributed by atoms with Crippen molar-refractivity contribution >= 4 is 0 Å². The molecule has 6 heteroatoms. The maximum atomic E-state index is 12.7. The maximum absolute atomic E-state index is 12.7. The van der Waals surface area contributed by atoms with E-state index in [4.69, 9.17) is 15.2 Å². The minimum atomic E-state index is -4.35. The third kappa shape index (κ3) is 5.67. The van der Waals surface area contributed by atoms with Crippen molar-refractivity contribution in [1.29, 1.82) is 0 Å². The zero-order valence-electron chi connectivity index (χ0n) is 14.1. The van der Waals surface area contributed by atoms with Gasteiger partial charge in [0, 0.05) is 0 Å². The highest BCUT2D eigenvalue weighted by molar-refractivity contribution is 5.32. The summed E-state index contributed by atoms with van der Waals surface area (Å²) in [5, 5.41) is 0. The SMILES string of the molecule is COc1ccc(C(CCCCN)Oc2ccc(C(F)(F)F)cc2)cc1. The van der Waals surface area contributed by atoms with Crippen LogP contribution in [0.2, 0.25) is 0 Å². The van der Waals surface area contributed by atoms with Crippen LogP contribution in [0.5, 0.6) is 11.5 Å². The molecule has 2 aromatic rings. The van der Waals surface area contributed by atoms with E-state index in [0.717, 1.165) is 42.7 Å². The third-order valence-electron chi connectivity index (χ3n) is 3.87. The van der Waals surface area contributed by atoms with Gasteiger partial charge >= 0.3 is 6.18 Å². The highest BCUT2D eigenvalue weighted by Gasteiger charge is 2.30. The van der Waals surface area contributed by atoms with Gasteiger partial charge in [0.25, 0.3) is 0 Å². The van der Waals surface area contributed by atoms with E-state index in [1.54, 1.807) is 7.11 Å². The van der Waals surface area contributed by atoms with E-state index >= 15 is 0 Å². The molecule has 1 atom stereocenters. The predicted molar refractivity (Wildman–Crippen MR) is 90.7 cm³/mol. The van der Waals surface area contributed by atoms with Crippen LogP contribution in [0.4, 0.5) is 13.2 Å². The van der Waals surface area contributed by atoms with Crippen molar-refractivity contribution in [3.05, 3.63) is 59.7 Å². The van der Waals surface area contributed by atoms with Crippen LogP contribution in [-0.4, -0.2) is 13.7 Å². The van der Waals surface area contributed by atoms with E-state index in [1.807, 2.05) is 24.3 Å². The van der Waals surface area contributed by atoms with Crippen LogP contribution >= 0.6 is 0 Å². The Hall–Kier alpha value is -2.21. The zero-order chi connectivity index (χ0) is 18.3. The van der Waals surface area contributed by atoms with Crippen LogP contribution in [0.1, 0.15) is 36.5 Å². The second-order valence-electron chi connectivity index (χ2n) is 5.69. The van der Waals surface area contributed by atoms with Crippen molar-refractivity contribution in [2.75, 3.05) is 13.7 Å². The molecule has 0 radical (unpaired) electrons. The molecule has 2 aromatic carbocycles. The summed E-state index contributed by atoms with van der Waals surface area (Å²) in [6.45, 7) is 0.593. The first-order chi connectivity index (χ1) is 11.9. The molecule has 2 rings (SSSR count). The van der Waals surface area contributed by atoms with Gasteiger partial charge < -0.3 is 15.2 Å². The molecular weight excluding hydrogens is 331 g/mol. The lowest BCUT2D eigenvalue weighted by molar-refractivity contribution is -0.137. The second-order valence-corrected chi connectivity index (χ2v) is 5.69. The highest BCUT2D eigenvalue weighted by atomic mass is 19.4. The number of hydrogen-bond acceptors (Lipinski definition) is 3. The lowest BCUT2D eigenvalue weighted by Gasteiger charge is -2.20. The van der Waals surface area contributed by atoms with Gasteiger partial charge in [-0.3, -0.25) is 0 Å². The molecule has 0 aliphatic carbocycles. The fourth-order valence-electron chi connectivity index (χ4n) is 2.47. The average Bonchev–Trinajstić information content (AvgIpc) is 2.61. The summed E-state index contributed by atoms with van der Waals surface area (Å²) in [6.07, 6.45) is -2.15. The molecular formula is C19H22F3NO2. The Bertz CT molecular complexity index is 639. The molecule has 0 amide bonds. The summed E-state index contributed by atoms with van der Waals surface area (Å²) < 4.78 is 49.1. The third-order valence-corrected chi connectivity index (χ3v) is 3.87. The summed E-state index contributed by atoms with van der Waals surface area (Å²) in [7, 11) is 1.59. The summed E-state index contributed by atoms with van der Waals surface area (Å²) in [4.78, 5) is 0. The number of nitrogens with two attached hydrogens (primary N) is 1. The summed E-state index contributed by atoms with van der Waals surface area (Å²) in [5.74, 6) is 1.14. The van der Waals surface area contributed by atoms with Gasteiger partial charge in [0.2, 0.25) is 0 Å². The number of halogens is 3. The molecule has 0 aliphatic heterocycles. The first kappa shape index (κ1) is 19.1. The molecule has 2 N–H and O–H groups in total. The van der Waals surface area contributed by atoms with Crippen LogP contribution in [-0.2, 0) is 6.18 Å². The lowest BCUT2D eigenvalue weighted by Crippen LogP contribution is -2.10. The fourth-order valence-corrected chi connectivity index (χ4v) is 2.47. The predicted octanol–water partition coefficient (Wildman–Crippen LogP) is 4.96. The van der Waals surface area contributed by atoms with E-state index in [0.29, 0.717) is 12.3 Å². The van der Waals surface area contributed by atoms with E-state index in [1.165, 1.54) is 12.1 Å². The topological polar surface area (TPSA) is 44.5 Å². The molecule has 0 aliphatic rings. The van der Waals surface area contributed by atoms with Gasteiger partial charge in [-0.05, 0) is 67.8 Å². The summed E-state index contributed by atoms with van der Waals surface area (Å²) in [5.41, 5.74) is 5.79. The van der Waals surface area contributed by atoms with Crippen molar-refractivity contribution in [2.24, 2.45) is 5.73 Å². The number of hydrogen-bond donors (Lipinski definition) is 1. The fraction of sp³-hybridized carbons (Fsp3) is 0.368. The normalized spacial score (nSPS) is 12.7. The molecule has 0 aromatic heterocycles. The molecule has 136 valence electrons. The number of rotatable bonds is 8. The second kappa shape index (κ2) is 8.76. The molecule has 0 saturated carbocycles. The number of alkyl halides is 3. The Kier molecular flexibility index (Phi) is 6.70. The molecule has 0 fully saturated rings. The van der Waals surface area contributed by atoms with E-state index in [-0.39, 0.29) is 6.10 Å². The maximum Gasteiger partial charge on any atom is 0.416 e. The molecule has 0 spiro atoms. The minimum Gasteiger partial charge on any atom is -0.497 e. The number of ether oxygens (including phenoxy) is 2. The van der Waals surface area contributed by atoms with Crippen molar-refractivity contribution in [2.45, 2.75) is 31.5 Å². The van der Waals surface area contributed by atoms with Crippen molar-refractivity contribution < 1.29 is 22.6 Å². The number of methoxy groups -OCH3 is 1. The van der Waals surface area contributed by atoms with Crippen LogP contribution in [0.25, 0.3) is 0 Å². The molecule has 0 saturated heterocycles. The van der Waals surface area contributed by atoms with Crippen molar-refractivity contribution in [3.8, 4) is 11.5 Å². The Morgan fingerprint density at radius 3 is 2.04 bits per heavy atom. The van der Waals surface area contributed by atoms with Crippen LogP contribution in [0.3, 0.4) is 0 Å². The molecule has 3 nitrogen and oxygen atoms in total. The van der Waals surface area contributed by atoms with Crippen LogP contribution in [0.15, 0.2) is 48.5 Å². The quantitative estimate of drug-likeness (QED) is 0.682. The monoisotopic (exact) mass is 353 g/mol. The lowest BCUT2D eigenvalue weighted by atomic mass is 10.0. The van der Waals surface area contributed by atoms with Gasteiger partial charge in [-0.25, -0.2) is 0 Å². The first-order valence-electron chi connectivity index (χ1n) is 8.12. The van der Waals surface area contributed by atoms with E-state index in [9.17, 15) is 13.2 Å². The van der Waals surface area contributed by atoms with Crippen LogP contribution in [0, 0.1) is 0 Å². The van der Waals surface area contributed by atoms with E-state index < -0.39 is 11.7 Å². The molecule has 0 heterocycles. The van der Waals surface area contributed by atoms with Gasteiger partial charge in [0.15, 0.2) is 0 Å². The van der Waals surface area contributed by atoms with Gasteiger partial charge in [-0.2, -0.15) is 13.2 Å². The van der Waals surface area contributed by atoms with Gasteiger partial charge in [-0.15, -0.1) is 0 Å². The largest absolute Gasteiger partial charge is 0.497 e. The standard InChI is InChI=1S/C19H22F3NO2/c1-24-16-9-5-14(6-10-16)18(4-2-3-13-23)25-17-11-7-15(8-12-17)19(20,21)22/h5-12,18H,2-4,13,23H2,1H3. The zero-order valence-corrected chi connectivity index (χ0v) is 14.1. The van der Waals surface area contributed by atoms with Gasteiger partial charge in [-0.1, -0.05) is 12.1 Å². The van der Waals surface area contributed by atoms with Gasteiger partial charge in [0.1, 0.15) is 17.6 Å². The summed E-state index contributed by atoms with van der Waals surface area (Å²) >= 11 is 0. The van der Waals surface area contributed by atoms with Crippen molar-refractivity contribution in [1.82, 2.24) is 0 Å². The summed E-state index contributed by atoms with van der Waals surface area (Å²) in [6, 6.07) is 12.2. The Balaban J connectivity index is 2.14. The highest BCUT2D eigenvalue weighted by Crippen LogP contribution is 2.32.